The summed E-state index contributed by atoms with van der Waals surface area (Å²) in [6.07, 6.45) is 2.04. The molecule has 2 rings (SSSR count). The van der Waals surface area contributed by atoms with E-state index in [0.717, 1.165) is 38.3 Å². The van der Waals surface area contributed by atoms with Gasteiger partial charge in [0, 0.05) is 19.8 Å². The van der Waals surface area contributed by atoms with Gasteiger partial charge in [-0.3, -0.25) is 0 Å². The second kappa shape index (κ2) is 5.80. The van der Waals surface area contributed by atoms with E-state index in [-0.39, 0.29) is 11.0 Å². The van der Waals surface area contributed by atoms with Crippen molar-refractivity contribution in [3.8, 4) is 0 Å². The van der Waals surface area contributed by atoms with Gasteiger partial charge in [-0.1, -0.05) is 18.5 Å². The molecule has 1 aromatic rings. The summed E-state index contributed by atoms with van der Waals surface area (Å²) in [4.78, 5) is 10.8. The molecule has 1 aromatic carbocycles. The standard InChI is InChI=1S/C14H18ClNO3/c1-14(4-6-19-7-5-14)9-16-12-3-2-10(13(17)18)8-11(12)15/h2-3,8,16H,4-7,9H2,1H3,(H,17,18). The minimum atomic E-state index is -0.968. The zero-order chi connectivity index (χ0) is 13.9. The Morgan fingerprint density at radius 3 is 2.74 bits per heavy atom. The molecular formula is C14H18ClNO3. The first-order valence-electron chi connectivity index (χ1n) is 6.35. The Balaban J connectivity index is 2.01. The van der Waals surface area contributed by atoms with Crippen LogP contribution in [0.25, 0.3) is 0 Å². The molecule has 0 atom stereocenters. The highest BCUT2D eigenvalue weighted by Crippen LogP contribution is 2.31. The molecule has 0 bridgehead atoms. The van der Waals surface area contributed by atoms with E-state index < -0.39 is 5.97 Å². The average Bonchev–Trinajstić information content (AvgIpc) is 2.38. The van der Waals surface area contributed by atoms with Crippen molar-refractivity contribution in [2.24, 2.45) is 5.41 Å². The SMILES string of the molecule is CC1(CNc2ccc(C(=O)O)cc2Cl)CCOCC1. The largest absolute Gasteiger partial charge is 0.478 e. The number of nitrogens with one attached hydrogen (secondary N) is 1. The maximum absolute atomic E-state index is 10.8. The van der Waals surface area contributed by atoms with E-state index in [2.05, 4.69) is 12.2 Å². The van der Waals surface area contributed by atoms with E-state index >= 15 is 0 Å². The minimum Gasteiger partial charge on any atom is -0.478 e. The Bertz CT molecular complexity index is 470. The number of carboxylic acid groups (broad SMARTS) is 1. The molecule has 1 aliphatic heterocycles. The first-order chi connectivity index (χ1) is 9.00. The summed E-state index contributed by atoms with van der Waals surface area (Å²) in [5, 5.41) is 12.6. The topological polar surface area (TPSA) is 58.6 Å². The second-order valence-corrected chi connectivity index (χ2v) is 5.68. The van der Waals surface area contributed by atoms with Gasteiger partial charge in [0.05, 0.1) is 16.3 Å². The molecule has 0 saturated carbocycles. The minimum absolute atomic E-state index is 0.201. The van der Waals surface area contributed by atoms with E-state index in [1.54, 1.807) is 12.1 Å². The molecular weight excluding hydrogens is 266 g/mol. The first-order valence-corrected chi connectivity index (χ1v) is 6.72. The monoisotopic (exact) mass is 283 g/mol. The molecule has 0 aliphatic carbocycles. The van der Waals surface area contributed by atoms with E-state index in [9.17, 15) is 4.79 Å². The van der Waals surface area contributed by atoms with Gasteiger partial charge in [-0.25, -0.2) is 4.79 Å². The number of ether oxygens (including phenoxy) is 1. The summed E-state index contributed by atoms with van der Waals surface area (Å²) in [6.45, 7) is 4.62. The molecule has 5 heteroatoms. The third-order valence-corrected chi connectivity index (χ3v) is 3.93. The summed E-state index contributed by atoms with van der Waals surface area (Å²) < 4.78 is 5.36. The molecule has 1 aliphatic rings. The Morgan fingerprint density at radius 1 is 1.47 bits per heavy atom. The number of anilines is 1. The summed E-state index contributed by atoms with van der Waals surface area (Å²) >= 11 is 6.09. The number of halogens is 1. The summed E-state index contributed by atoms with van der Waals surface area (Å²) in [5.41, 5.74) is 1.18. The van der Waals surface area contributed by atoms with Gasteiger partial charge < -0.3 is 15.2 Å². The van der Waals surface area contributed by atoms with Crippen LogP contribution < -0.4 is 5.32 Å². The smallest absolute Gasteiger partial charge is 0.335 e. The van der Waals surface area contributed by atoms with E-state index in [0.29, 0.717) is 5.02 Å². The Hall–Kier alpha value is -1.26. The van der Waals surface area contributed by atoms with Gasteiger partial charge in [0.2, 0.25) is 0 Å². The lowest BCUT2D eigenvalue weighted by atomic mass is 9.82. The maximum atomic E-state index is 10.8. The van der Waals surface area contributed by atoms with Crippen LogP contribution in [0.5, 0.6) is 0 Å². The summed E-state index contributed by atoms with van der Waals surface area (Å²) in [5.74, 6) is -0.968. The van der Waals surface area contributed by atoms with Crippen LogP contribution in [0.4, 0.5) is 5.69 Å². The molecule has 1 heterocycles. The van der Waals surface area contributed by atoms with E-state index in [1.165, 1.54) is 6.07 Å². The van der Waals surface area contributed by atoms with Crippen LogP contribution in [-0.4, -0.2) is 30.8 Å². The third-order valence-electron chi connectivity index (χ3n) is 3.62. The fraction of sp³-hybridized carbons (Fsp3) is 0.500. The van der Waals surface area contributed by atoms with Gasteiger partial charge in [-0.15, -0.1) is 0 Å². The van der Waals surface area contributed by atoms with Gasteiger partial charge in [-0.05, 0) is 36.5 Å². The predicted octanol–water partition coefficient (Wildman–Crippen LogP) is 3.27. The lowest BCUT2D eigenvalue weighted by Gasteiger charge is -2.34. The Kier molecular flexibility index (Phi) is 4.32. The van der Waals surface area contributed by atoms with Crippen LogP contribution in [0, 0.1) is 5.41 Å². The number of hydrogen-bond acceptors (Lipinski definition) is 3. The molecule has 19 heavy (non-hydrogen) atoms. The normalized spacial score (nSPS) is 18.0. The average molecular weight is 284 g/mol. The predicted molar refractivity (Wildman–Crippen MR) is 75.1 cm³/mol. The number of aromatic carboxylic acids is 1. The zero-order valence-electron chi connectivity index (χ0n) is 10.9. The molecule has 0 aromatic heterocycles. The van der Waals surface area contributed by atoms with Crippen LogP contribution in [-0.2, 0) is 4.74 Å². The highest BCUT2D eigenvalue weighted by atomic mass is 35.5. The zero-order valence-corrected chi connectivity index (χ0v) is 11.7. The van der Waals surface area contributed by atoms with Crippen molar-refractivity contribution < 1.29 is 14.6 Å². The number of benzene rings is 1. The molecule has 4 nitrogen and oxygen atoms in total. The molecule has 0 amide bonds. The molecule has 0 radical (unpaired) electrons. The van der Waals surface area contributed by atoms with Crippen molar-refractivity contribution in [3.63, 3.8) is 0 Å². The van der Waals surface area contributed by atoms with Gasteiger partial charge in [0.15, 0.2) is 0 Å². The Labute approximate surface area is 117 Å². The van der Waals surface area contributed by atoms with Crippen LogP contribution in [0.3, 0.4) is 0 Å². The number of rotatable bonds is 4. The first kappa shape index (κ1) is 14.2. The van der Waals surface area contributed by atoms with Crippen molar-refractivity contribution in [2.45, 2.75) is 19.8 Å². The molecule has 0 unspecified atom stereocenters. The van der Waals surface area contributed by atoms with Gasteiger partial charge >= 0.3 is 5.97 Å². The number of carbonyl (C=O) groups is 1. The quantitative estimate of drug-likeness (QED) is 0.890. The second-order valence-electron chi connectivity index (χ2n) is 5.28. The van der Waals surface area contributed by atoms with Gasteiger partial charge in [-0.2, -0.15) is 0 Å². The van der Waals surface area contributed by atoms with Crippen molar-refractivity contribution in [1.82, 2.24) is 0 Å². The highest BCUT2D eigenvalue weighted by molar-refractivity contribution is 6.33. The van der Waals surface area contributed by atoms with Crippen LogP contribution in [0.15, 0.2) is 18.2 Å². The lowest BCUT2D eigenvalue weighted by molar-refractivity contribution is 0.0300. The van der Waals surface area contributed by atoms with Crippen molar-refractivity contribution in [1.29, 1.82) is 0 Å². The van der Waals surface area contributed by atoms with Crippen LogP contribution in [0.2, 0.25) is 5.02 Å². The molecule has 104 valence electrons. The fourth-order valence-corrected chi connectivity index (χ4v) is 2.39. The molecule has 2 N–H and O–H groups in total. The molecule has 1 fully saturated rings. The van der Waals surface area contributed by atoms with Gasteiger partial charge in [0.25, 0.3) is 0 Å². The molecule has 1 saturated heterocycles. The van der Waals surface area contributed by atoms with E-state index in [4.69, 9.17) is 21.4 Å². The number of carboxylic acids is 1. The summed E-state index contributed by atoms with van der Waals surface area (Å²) in [7, 11) is 0. The fourth-order valence-electron chi connectivity index (χ4n) is 2.14. The van der Waals surface area contributed by atoms with Crippen molar-refractivity contribution in [3.05, 3.63) is 28.8 Å². The van der Waals surface area contributed by atoms with Crippen molar-refractivity contribution in [2.75, 3.05) is 25.1 Å². The summed E-state index contributed by atoms with van der Waals surface area (Å²) in [6, 6.07) is 4.75. The molecule has 0 spiro atoms. The Morgan fingerprint density at radius 2 is 2.16 bits per heavy atom. The van der Waals surface area contributed by atoms with Crippen LogP contribution in [0.1, 0.15) is 30.1 Å². The van der Waals surface area contributed by atoms with Gasteiger partial charge in [0.1, 0.15) is 0 Å². The highest BCUT2D eigenvalue weighted by Gasteiger charge is 2.27. The number of hydrogen-bond donors (Lipinski definition) is 2. The van der Waals surface area contributed by atoms with Crippen molar-refractivity contribution >= 4 is 23.3 Å². The lowest BCUT2D eigenvalue weighted by Crippen LogP contribution is -2.33. The van der Waals surface area contributed by atoms with E-state index in [1.807, 2.05) is 0 Å². The third kappa shape index (κ3) is 3.61. The maximum Gasteiger partial charge on any atom is 0.335 e. The van der Waals surface area contributed by atoms with Crippen LogP contribution >= 0.6 is 11.6 Å².